The Bertz CT molecular complexity index is 1070. The minimum absolute atomic E-state index is 0. The van der Waals surface area contributed by atoms with Crippen molar-refractivity contribution in [2.75, 3.05) is 0 Å². The van der Waals surface area contributed by atoms with Gasteiger partial charge in [0.15, 0.2) is 11.5 Å². The summed E-state index contributed by atoms with van der Waals surface area (Å²) in [5, 5.41) is 6.56. The second kappa shape index (κ2) is 8.11. The molecule has 0 fully saturated rings. The number of hydrogen-bond donors (Lipinski definition) is 1. The molecule has 0 aliphatic carbocycles. The molecule has 3 rings (SSSR count). The number of aryl methyl sites for hydroxylation is 1. The van der Waals surface area contributed by atoms with Gasteiger partial charge in [0.1, 0.15) is 5.56 Å². The fourth-order valence-corrected chi connectivity index (χ4v) is 2.86. The third-order valence-corrected chi connectivity index (χ3v) is 4.25. The van der Waals surface area contributed by atoms with Crippen molar-refractivity contribution in [1.29, 1.82) is 0 Å². The van der Waals surface area contributed by atoms with E-state index in [-0.39, 0.29) is 23.6 Å². The van der Waals surface area contributed by atoms with Crippen LogP contribution in [0, 0.1) is 0 Å². The Morgan fingerprint density at radius 1 is 1.00 bits per heavy atom. The molecular formula is C17H14ClF8N5. The molecule has 2 N–H and O–H groups in total. The largest absolute Gasteiger partial charge is 0.459 e. The van der Waals surface area contributed by atoms with Gasteiger partial charge < -0.3 is 5.73 Å². The molecule has 0 aliphatic heterocycles. The van der Waals surface area contributed by atoms with Gasteiger partial charge in [-0.3, -0.25) is 0 Å². The van der Waals surface area contributed by atoms with E-state index in [2.05, 4.69) is 10.2 Å². The number of hydrogen-bond acceptors (Lipinski definition) is 3. The second-order valence-electron chi connectivity index (χ2n) is 6.32. The number of nitrogens with zero attached hydrogens (tertiary/aromatic N) is 4. The van der Waals surface area contributed by atoms with Gasteiger partial charge in [-0.15, -0.1) is 12.4 Å². The number of rotatable bonds is 4. The van der Waals surface area contributed by atoms with E-state index in [1.165, 1.54) is 0 Å². The highest BCUT2D eigenvalue weighted by atomic mass is 35.5. The Balaban J connectivity index is 0.00000341. The van der Waals surface area contributed by atoms with Gasteiger partial charge in [0.25, 0.3) is 0 Å². The SMILES string of the molecule is Cl.Cn1nc(C(F)(F)C(F)(F)F)c(C(F)(F)F)c1-n1cc(-c2cccc(CN)c2)cn1. The first-order chi connectivity index (χ1) is 13.8. The van der Waals surface area contributed by atoms with E-state index in [1.807, 2.05) is 0 Å². The van der Waals surface area contributed by atoms with Gasteiger partial charge in [-0.05, 0) is 17.2 Å². The minimum atomic E-state index is -6.27. The number of benzene rings is 1. The molecule has 2 aromatic heterocycles. The van der Waals surface area contributed by atoms with Gasteiger partial charge in [0.05, 0.1) is 6.20 Å². The van der Waals surface area contributed by atoms with E-state index in [1.54, 1.807) is 24.3 Å². The summed E-state index contributed by atoms with van der Waals surface area (Å²) in [5.74, 6) is -6.90. The standard InChI is InChI=1S/C17H13F8N5.ClH/c1-29-14(12(16(20,21)22)13(28-29)15(18,19)17(23,24)25)30-8-11(7-27-30)10-4-2-3-9(5-10)6-26;/h2-5,7-8H,6,26H2,1H3;1H. The van der Waals surface area contributed by atoms with Crippen LogP contribution in [0.5, 0.6) is 0 Å². The maximum absolute atomic E-state index is 13.8. The molecule has 0 unspecified atom stereocenters. The zero-order valence-electron chi connectivity index (χ0n) is 15.5. The average molecular weight is 476 g/mol. The van der Waals surface area contributed by atoms with Crippen molar-refractivity contribution in [3.8, 4) is 16.9 Å². The number of alkyl halides is 8. The monoisotopic (exact) mass is 475 g/mol. The molecule has 0 aliphatic rings. The van der Waals surface area contributed by atoms with Crippen molar-refractivity contribution in [2.24, 2.45) is 12.8 Å². The fourth-order valence-electron chi connectivity index (χ4n) is 2.86. The van der Waals surface area contributed by atoms with Crippen LogP contribution in [0.4, 0.5) is 35.1 Å². The van der Waals surface area contributed by atoms with E-state index in [0.29, 0.717) is 21.4 Å². The lowest BCUT2D eigenvalue weighted by atomic mass is 10.1. The van der Waals surface area contributed by atoms with E-state index in [9.17, 15) is 35.1 Å². The molecule has 2 heterocycles. The maximum atomic E-state index is 13.8. The average Bonchev–Trinajstić information content (AvgIpc) is 3.25. The van der Waals surface area contributed by atoms with Crippen molar-refractivity contribution < 1.29 is 35.1 Å². The van der Waals surface area contributed by atoms with Gasteiger partial charge >= 0.3 is 18.3 Å². The van der Waals surface area contributed by atoms with Gasteiger partial charge in [0, 0.05) is 25.4 Å². The second-order valence-corrected chi connectivity index (χ2v) is 6.32. The van der Waals surface area contributed by atoms with Crippen molar-refractivity contribution in [3.63, 3.8) is 0 Å². The van der Waals surface area contributed by atoms with Crippen LogP contribution in [0.1, 0.15) is 16.8 Å². The summed E-state index contributed by atoms with van der Waals surface area (Å²) >= 11 is 0. The molecule has 0 radical (unpaired) electrons. The first kappa shape index (κ1) is 24.6. The van der Waals surface area contributed by atoms with Gasteiger partial charge in [-0.2, -0.15) is 45.3 Å². The Kier molecular flexibility index (Phi) is 6.44. The molecule has 170 valence electrons. The molecule has 5 nitrogen and oxygen atoms in total. The topological polar surface area (TPSA) is 61.7 Å². The molecule has 31 heavy (non-hydrogen) atoms. The Morgan fingerprint density at radius 2 is 1.65 bits per heavy atom. The Hall–Kier alpha value is -2.67. The lowest BCUT2D eigenvalue weighted by Crippen LogP contribution is -2.36. The molecule has 0 amide bonds. The summed E-state index contributed by atoms with van der Waals surface area (Å²) in [6, 6.07) is 6.60. The third-order valence-electron chi connectivity index (χ3n) is 4.25. The number of nitrogens with two attached hydrogens (primary N) is 1. The van der Waals surface area contributed by atoms with E-state index in [4.69, 9.17) is 5.73 Å². The van der Waals surface area contributed by atoms with Crippen LogP contribution < -0.4 is 5.73 Å². The highest BCUT2D eigenvalue weighted by Gasteiger charge is 2.64. The van der Waals surface area contributed by atoms with Gasteiger partial charge in [-0.25, -0.2) is 9.36 Å². The minimum Gasteiger partial charge on any atom is -0.326 e. The van der Waals surface area contributed by atoms with Crippen LogP contribution in [0.2, 0.25) is 0 Å². The van der Waals surface area contributed by atoms with Gasteiger partial charge in [0.2, 0.25) is 0 Å². The molecule has 14 heteroatoms. The van der Waals surface area contributed by atoms with Crippen LogP contribution in [0.25, 0.3) is 16.9 Å². The number of halogens is 9. The first-order valence-electron chi connectivity index (χ1n) is 8.21. The molecule has 0 atom stereocenters. The predicted octanol–water partition coefficient (Wildman–Crippen LogP) is 4.83. The van der Waals surface area contributed by atoms with E-state index >= 15 is 0 Å². The lowest BCUT2D eigenvalue weighted by Gasteiger charge is -2.19. The maximum Gasteiger partial charge on any atom is 0.459 e. The summed E-state index contributed by atoms with van der Waals surface area (Å²) < 4.78 is 107. The molecule has 1 aromatic carbocycles. The van der Waals surface area contributed by atoms with Crippen LogP contribution in [0.3, 0.4) is 0 Å². The Morgan fingerprint density at radius 3 is 2.19 bits per heavy atom. The van der Waals surface area contributed by atoms with Crippen LogP contribution in [-0.2, 0) is 25.7 Å². The molecule has 0 saturated carbocycles. The lowest BCUT2D eigenvalue weighted by molar-refractivity contribution is -0.292. The van der Waals surface area contributed by atoms with Crippen molar-refractivity contribution in [3.05, 3.63) is 53.5 Å². The van der Waals surface area contributed by atoms with Gasteiger partial charge in [-0.1, -0.05) is 18.2 Å². The van der Waals surface area contributed by atoms with E-state index < -0.39 is 35.4 Å². The van der Waals surface area contributed by atoms with Crippen LogP contribution in [-0.4, -0.2) is 25.7 Å². The fraction of sp³-hybridized carbons (Fsp3) is 0.294. The Labute approximate surface area is 175 Å². The predicted molar refractivity (Wildman–Crippen MR) is 95.9 cm³/mol. The van der Waals surface area contributed by atoms with E-state index in [0.717, 1.165) is 19.4 Å². The molecule has 0 saturated heterocycles. The third kappa shape index (κ3) is 4.37. The first-order valence-corrected chi connectivity index (χ1v) is 8.21. The highest BCUT2D eigenvalue weighted by molar-refractivity contribution is 5.85. The summed E-state index contributed by atoms with van der Waals surface area (Å²) in [5.41, 5.74) is 2.39. The molecule has 0 bridgehead atoms. The number of aromatic nitrogens is 4. The zero-order chi connectivity index (χ0) is 22.5. The quantitative estimate of drug-likeness (QED) is 0.550. The molecule has 3 aromatic rings. The van der Waals surface area contributed by atoms with Crippen molar-refractivity contribution >= 4 is 12.4 Å². The normalized spacial score (nSPS) is 12.7. The highest BCUT2D eigenvalue weighted by Crippen LogP contribution is 2.49. The summed E-state index contributed by atoms with van der Waals surface area (Å²) in [6.07, 6.45) is -9.61. The molecule has 0 spiro atoms. The summed E-state index contributed by atoms with van der Waals surface area (Å²) in [7, 11) is 0.816. The van der Waals surface area contributed by atoms with Crippen molar-refractivity contribution in [2.45, 2.75) is 24.8 Å². The smallest absolute Gasteiger partial charge is 0.326 e. The van der Waals surface area contributed by atoms with Crippen LogP contribution in [0.15, 0.2) is 36.7 Å². The van der Waals surface area contributed by atoms with Crippen molar-refractivity contribution in [1.82, 2.24) is 19.6 Å². The summed E-state index contributed by atoms with van der Waals surface area (Å²) in [4.78, 5) is 0. The molecular weight excluding hydrogens is 462 g/mol. The van der Waals surface area contributed by atoms with Crippen LogP contribution >= 0.6 is 12.4 Å². The zero-order valence-corrected chi connectivity index (χ0v) is 16.3. The summed E-state index contributed by atoms with van der Waals surface area (Å²) in [6.45, 7) is 0.192.